The molecule has 0 atom stereocenters. The molecule has 12 heteroatoms. The highest BCUT2D eigenvalue weighted by molar-refractivity contribution is 8.01. The second kappa shape index (κ2) is 9.47. The highest BCUT2D eigenvalue weighted by Crippen LogP contribution is 2.26. The maximum Gasteiger partial charge on any atom is 0.264 e. The van der Waals surface area contributed by atoms with E-state index in [2.05, 4.69) is 25.9 Å². The van der Waals surface area contributed by atoms with Crippen LogP contribution >= 0.6 is 23.1 Å². The Morgan fingerprint density at radius 3 is 2.76 bits per heavy atom. The second-order valence-electron chi connectivity index (χ2n) is 5.74. The van der Waals surface area contributed by atoms with Gasteiger partial charge in [-0.15, -0.1) is 15.3 Å². The Bertz CT molecular complexity index is 1010. The second-order valence-corrected chi connectivity index (χ2v) is 7.94. The van der Waals surface area contributed by atoms with Crippen molar-refractivity contribution in [1.82, 2.24) is 25.3 Å². The van der Waals surface area contributed by atoms with Gasteiger partial charge in [-0.2, -0.15) is 0 Å². The predicted octanol–water partition coefficient (Wildman–Crippen LogP) is 2.08. The quantitative estimate of drug-likeness (QED) is 0.411. The van der Waals surface area contributed by atoms with Gasteiger partial charge in [0, 0.05) is 19.8 Å². The number of aryl methyl sites for hydroxylation is 1. The smallest absolute Gasteiger partial charge is 0.264 e. The van der Waals surface area contributed by atoms with Crippen LogP contribution < -0.4 is 15.4 Å². The van der Waals surface area contributed by atoms with E-state index in [1.54, 1.807) is 19.2 Å². The Morgan fingerprint density at radius 1 is 1.28 bits per heavy atom. The van der Waals surface area contributed by atoms with Gasteiger partial charge in [0.05, 0.1) is 12.9 Å². The molecule has 2 aromatic heterocycles. The third-order valence-corrected chi connectivity index (χ3v) is 5.56. The molecule has 2 N–H and O–H groups in total. The van der Waals surface area contributed by atoms with Crippen molar-refractivity contribution in [3.63, 3.8) is 0 Å². The van der Waals surface area contributed by atoms with E-state index in [0.29, 0.717) is 16.0 Å². The van der Waals surface area contributed by atoms with E-state index in [9.17, 15) is 14.0 Å². The first-order chi connectivity index (χ1) is 13.9. The number of benzene rings is 1. The van der Waals surface area contributed by atoms with Crippen LogP contribution in [0.2, 0.25) is 0 Å². The molecule has 3 aromatic rings. The lowest BCUT2D eigenvalue weighted by atomic mass is 10.2. The first-order valence-corrected chi connectivity index (χ1v) is 10.1. The van der Waals surface area contributed by atoms with Gasteiger partial charge >= 0.3 is 0 Å². The molecule has 0 unspecified atom stereocenters. The lowest BCUT2D eigenvalue weighted by molar-refractivity contribution is -0.118. The fourth-order valence-electron chi connectivity index (χ4n) is 2.24. The maximum absolute atomic E-state index is 12.9. The molecular weight excluding hydrogens is 419 g/mol. The van der Waals surface area contributed by atoms with Crippen molar-refractivity contribution in [2.24, 2.45) is 7.05 Å². The normalized spacial score (nSPS) is 10.6. The largest absolute Gasteiger partial charge is 0.479 e. The van der Waals surface area contributed by atoms with Crippen LogP contribution in [0.25, 0.3) is 0 Å². The van der Waals surface area contributed by atoms with Gasteiger partial charge in [0.1, 0.15) is 11.4 Å². The third-order valence-electron chi connectivity index (χ3n) is 3.59. The predicted molar refractivity (Wildman–Crippen MR) is 107 cm³/mol. The number of hydrogen-bond donors (Lipinski definition) is 2. The van der Waals surface area contributed by atoms with Crippen LogP contribution in [0, 0.1) is 5.82 Å². The van der Waals surface area contributed by atoms with Crippen LogP contribution in [0.15, 0.2) is 34.8 Å². The van der Waals surface area contributed by atoms with E-state index in [1.165, 1.54) is 41.9 Å². The molecule has 9 nitrogen and oxygen atoms in total. The van der Waals surface area contributed by atoms with E-state index >= 15 is 0 Å². The van der Waals surface area contributed by atoms with Gasteiger partial charge < -0.3 is 10.1 Å². The van der Waals surface area contributed by atoms with Crippen molar-refractivity contribution in [3.05, 3.63) is 47.4 Å². The fraction of sp³-hybridized carbons (Fsp3) is 0.235. The highest BCUT2D eigenvalue weighted by atomic mass is 32.2. The molecule has 152 valence electrons. The number of thioether (sulfide) groups is 1. The zero-order valence-electron chi connectivity index (χ0n) is 15.5. The number of carbonyl (C=O) groups is 2. The first-order valence-electron chi connectivity index (χ1n) is 8.31. The number of carbonyl (C=O) groups excluding carboxylic acids is 2. The Morgan fingerprint density at radius 2 is 2.03 bits per heavy atom. The van der Waals surface area contributed by atoms with Crippen molar-refractivity contribution in [1.29, 1.82) is 0 Å². The Labute approximate surface area is 173 Å². The number of rotatable bonds is 8. The Kier molecular flexibility index (Phi) is 6.77. The number of nitrogens with one attached hydrogen (secondary N) is 2. The number of ether oxygens (including phenoxy) is 1. The van der Waals surface area contributed by atoms with Crippen LogP contribution in [0.3, 0.4) is 0 Å². The minimum absolute atomic E-state index is 0.139. The summed E-state index contributed by atoms with van der Waals surface area (Å²) in [5, 5.41) is 17.6. The molecule has 2 heterocycles. The summed E-state index contributed by atoms with van der Waals surface area (Å²) >= 11 is 2.36. The van der Waals surface area contributed by atoms with Gasteiger partial charge in [0.25, 0.3) is 5.91 Å². The summed E-state index contributed by atoms with van der Waals surface area (Å²) in [6.45, 7) is 0.310. The number of hydrogen-bond acceptors (Lipinski definition) is 8. The molecule has 0 aliphatic heterocycles. The summed E-state index contributed by atoms with van der Waals surface area (Å²) in [7, 11) is 3.11. The number of halogens is 1. The molecule has 0 bridgehead atoms. The molecule has 0 aliphatic carbocycles. The molecule has 0 fully saturated rings. The van der Waals surface area contributed by atoms with E-state index in [4.69, 9.17) is 4.74 Å². The standard InChI is InChI=1S/C17H17FN6O3S2/c1-24-8-12(15(23-24)27-2)14(26)20-16-21-22-17(29-16)28-9-13(25)19-7-10-3-5-11(18)6-4-10/h3-6,8H,7,9H2,1-2H3,(H,19,25)(H,20,21,26). The van der Waals surface area contributed by atoms with Gasteiger partial charge in [0.2, 0.25) is 16.9 Å². The average Bonchev–Trinajstić information content (AvgIpc) is 3.31. The number of nitrogens with zero attached hydrogens (tertiary/aromatic N) is 4. The molecule has 0 aliphatic rings. The molecule has 0 saturated carbocycles. The van der Waals surface area contributed by atoms with Crippen LogP contribution in [0.4, 0.5) is 9.52 Å². The zero-order valence-corrected chi connectivity index (χ0v) is 17.1. The van der Waals surface area contributed by atoms with Crippen molar-refractivity contribution in [2.45, 2.75) is 10.9 Å². The summed E-state index contributed by atoms with van der Waals surface area (Å²) < 4.78 is 19.9. The molecule has 0 saturated heterocycles. The van der Waals surface area contributed by atoms with Gasteiger partial charge in [-0.05, 0) is 17.7 Å². The molecule has 2 amide bonds. The average molecular weight is 436 g/mol. The van der Waals surface area contributed by atoms with E-state index in [-0.39, 0.29) is 28.9 Å². The highest BCUT2D eigenvalue weighted by Gasteiger charge is 2.18. The van der Waals surface area contributed by atoms with Crippen molar-refractivity contribution >= 4 is 40.0 Å². The maximum atomic E-state index is 12.9. The number of amides is 2. The summed E-state index contributed by atoms with van der Waals surface area (Å²) in [6, 6.07) is 5.90. The summed E-state index contributed by atoms with van der Waals surface area (Å²) in [6.07, 6.45) is 1.54. The van der Waals surface area contributed by atoms with Gasteiger partial charge in [-0.1, -0.05) is 35.2 Å². The van der Waals surface area contributed by atoms with Crippen molar-refractivity contribution in [3.8, 4) is 5.88 Å². The molecule has 0 spiro atoms. The third kappa shape index (κ3) is 5.74. The van der Waals surface area contributed by atoms with Crippen molar-refractivity contribution in [2.75, 3.05) is 18.2 Å². The summed E-state index contributed by atoms with van der Waals surface area (Å²) in [4.78, 5) is 24.3. The first kappa shape index (κ1) is 20.7. The molecular formula is C17H17FN6O3S2. The Hall–Kier alpha value is -2.99. The molecule has 0 radical (unpaired) electrons. The number of aromatic nitrogens is 4. The van der Waals surface area contributed by atoms with Gasteiger partial charge in [-0.3, -0.25) is 19.6 Å². The SMILES string of the molecule is COc1nn(C)cc1C(=O)Nc1nnc(SCC(=O)NCc2ccc(F)cc2)s1. The summed E-state index contributed by atoms with van der Waals surface area (Å²) in [5.74, 6) is -0.584. The van der Waals surface area contributed by atoms with E-state index < -0.39 is 5.91 Å². The molecule has 1 aromatic carbocycles. The monoisotopic (exact) mass is 436 g/mol. The van der Waals surface area contributed by atoms with Crippen LogP contribution in [-0.2, 0) is 18.4 Å². The molecule has 29 heavy (non-hydrogen) atoms. The van der Waals surface area contributed by atoms with Gasteiger partial charge in [0.15, 0.2) is 4.34 Å². The van der Waals surface area contributed by atoms with Crippen LogP contribution in [-0.4, -0.2) is 44.7 Å². The minimum atomic E-state index is -0.417. The van der Waals surface area contributed by atoms with Gasteiger partial charge in [-0.25, -0.2) is 4.39 Å². The van der Waals surface area contributed by atoms with Crippen LogP contribution in [0.5, 0.6) is 5.88 Å². The number of methoxy groups -OCH3 is 1. The van der Waals surface area contributed by atoms with Crippen molar-refractivity contribution < 1.29 is 18.7 Å². The van der Waals surface area contributed by atoms with E-state index in [1.807, 2.05) is 0 Å². The topological polar surface area (TPSA) is 111 Å². The minimum Gasteiger partial charge on any atom is -0.479 e. The lowest BCUT2D eigenvalue weighted by Crippen LogP contribution is -2.24. The zero-order chi connectivity index (χ0) is 20.8. The van der Waals surface area contributed by atoms with E-state index in [0.717, 1.165) is 16.9 Å². The lowest BCUT2D eigenvalue weighted by Gasteiger charge is -2.04. The summed E-state index contributed by atoms with van der Waals surface area (Å²) in [5.41, 5.74) is 1.08. The fourth-order valence-corrected chi connectivity index (χ4v) is 3.82. The Balaban J connectivity index is 1.47. The van der Waals surface area contributed by atoms with Crippen LogP contribution in [0.1, 0.15) is 15.9 Å². The number of anilines is 1. The molecule has 3 rings (SSSR count).